The zero-order valence-electron chi connectivity index (χ0n) is 11.7. The zero-order chi connectivity index (χ0) is 15.6. The number of carbonyl (C=O) groups excluding carboxylic acids is 1. The van der Waals surface area contributed by atoms with Crippen molar-refractivity contribution < 1.29 is 9.35 Å². The Hall–Kier alpha value is -1.47. The molecule has 2 aromatic rings. The maximum absolute atomic E-state index is 11.5. The largest absolute Gasteiger partial charge is 0.612 e. The first kappa shape index (κ1) is 18.6. The number of rotatable bonds is 4. The quantitative estimate of drug-likeness (QED) is 0.815. The van der Waals surface area contributed by atoms with E-state index in [1.165, 1.54) is 10.6 Å². The number of aromatic nitrogens is 1. The minimum absolute atomic E-state index is 0. The molecule has 118 valence electrons. The van der Waals surface area contributed by atoms with Crippen molar-refractivity contribution >= 4 is 41.1 Å². The fourth-order valence-electron chi connectivity index (χ4n) is 1.94. The maximum atomic E-state index is 11.5. The molecule has 1 amide bonds. The first-order valence-electron chi connectivity index (χ1n) is 6.05. The van der Waals surface area contributed by atoms with Crippen molar-refractivity contribution in [1.82, 2.24) is 4.57 Å². The van der Waals surface area contributed by atoms with Crippen molar-refractivity contribution in [3.63, 3.8) is 0 Å². The molecule has 1 unspecified atom stereocenters. The van der Waals surface area contributed by atoms with Crippen LogP contribution in [-0.4, -0.2) is 21.3 Å². The fourth-order valence-corrected chi connectivity index (χ4v) is 2.76. The van der Waals surface area contributed by atoms with Crippen molar-refractivity contribution in [3.05, 3.63) is 58.2 Å². The summed E-state index contributed by atoms with van der Waals surface area (Å²) >= 11 is 4.88. The number of nitrogens with zero attached hydrogens (tertiary/aromatic N) is 1. The molecule has 2 rings (SSSR count). The van der Waals surface area contributed by atoms with Crippen molar-refractivity contribution in [2.75, 3.05) is 6.26 Å². The van der Waals surface area contributed by atoms with Crippen molar-refractivity contribution in [1.29, 1.82) is 5.41 Å². The Morgan fingerprint density at radius 3 is 2.73 bits per heavy atom. The van der Waals surface area contributed by atoms with Crippen molar-refractivity contribution in [3.8, 4) is 0 Å². The first-order valence-corrected chi connectivity index (χ1v) is 7.99. The Morgan fingerprint density at radius 2 is 2.14 bits per heavy atom. The summed E-state index contributed by atoms with van der Waals surface area (Å²) in [5.74, 6) is -0.695. The Labute approximate surface area is 142 Å². The molecule has 0 bridgehead atoms. The minimum Gasteiger partial charge on any atom is -0.612 e. The van der Waals surface area contributed by atoms with Crippen LogP contribution in [0, 0.1) is 5.41 Å². The molecule has 1 heterocycles. The number of pyridine rings is 1. The number of nitrogens with two attached hydrogens (primary N) is 1. The highest BCUT2D eigenvalue weighted by molar-refractivity contribution is 7.90. The van der Waals surface area contributed by atoms with E-state index in [0.29, 0.717) is 16.5 Å². The lowest BCUT2D eigenvalue weighted by Gasteiger charge is -2.11. The zero-order valence-corrected chi connectivity index (χ0v) is 14.1. The van der Waals surface area contributed by atoms with E-state index in [9.17, 15) is 9.35 Å². The number of primary amides is 1. The summed E-state index contributed by atoms with van der Waals surface area (Å²) in [7, 11) is 0. The van der Waals surface area contributed by atoms with Gasteiger partial charge in [0.15, 0.2) is 4.90 Å². The summed E-state index contributed by atoms with van der Waals surface area (Å²) in [4.78, 5) is 12.0. The Balaban J connectivity index is 0.00000242. The van der Waals surface area contributed by atoms with Gasteiger partial charge in [-0.15, -0.1) is 12.4 Å². The molecule has 0 spiro atoms. The van der Waals surface area contributed by atoms with Gasteiger partial charge in [-0.1, -0.05) is 23.7 Å². The average molecular weight is 360 g/mol. The molecule has 0 aliphatic carbocycles. The highest BCUT2D eigenvalue weighted by Crippen LogP contribution is 2.13. The minimum atomic E-state index is -1.08. The van der Waals surface area contributed by atoms with Crippen molar-refractivity contribution in [2.24, 2.45) is 5.73 Å². The third-order valence-corrected chi connectivity index (χ3v) is 4.08. The monoisotopic (exact) mass is 359 g/mol. The Bertz CT molecular complexity index is 747. The van der Waals surface area contributed by atoms with Crippen LogP contribution in [0.25, 0.3) is 0 Å². The summed E-state index contributed by atoms with van der Waals surface area (Å²) in [6.45, 7) is 0.338. The van der Waals surface area contributed by atoms with Gasteiger partial charge in [0.2, 0.25) is 0 Å². The molecule has 1 aromatic heterocycles. The molecule has 0 aliphatic heterocycles. The van der Waals surface area contributed by atoms with Crippen LogP contribution in [0.3, 0.4) is 0 Å². The molecule has 22 heavy (non-hydrogen) atoms. The maximum Gasteiger partial charge on any atom is 0.252 e. The number of halogens is 2. The normalized spacial score (nSPS) is 11.6. The van der Waals surface area contributed by atoms with Gasteiger partial charge in [0.05, 0.1) is 10.6 Å². The summed E-state index contributed by atoms with van der Waals surface area (Å²) in [6, 6.07) is 8.61. The van der Waals surface area contributed by atoms with E-state index in [1.54, 1.807) is 30.7 Å². The van der Waals surface area contributed by atoms with Crippen LogP contribution >= 0.6 is 24.0 Å². The van der Waals surface area contributed by atoms with Gasteiger partial charge >= 0.3 is 0 Å². The Morgan fingerprint density at radius 1 is 1.45 bits per heavy atom. The third-order valence-electron chi connectivity index (χ3n) is 2.95. The Kier molecular flexibility index (Phi) is 6.49. The summed E-state index contributed by atoms with van der Waals surface area (Å²) in [5, 5.41) is 8.33. The van der Waals surface area contributed by atoms with Crippen LogP contribution in [0.15, 0.2) is 41.4 Å². The highest BCUT2D eigenvalue weighted by atomic mass is 35.5. The highest BCUT2D eigenvalue weighted by Gasteiger charge is 2.10. The van der Waals surface area contributed by atoms with E-state index in [1.807, 2.05) is 6.07 Å². The molecule has 8 heteroatoms. The predicted molar refractivity (Wildman–Crippen MR) is 88.9 cm³/mol. The second-order valence-corrected chi connectivity index (χ2v) is 6.33. The van der Waals surface area contributed by atoms with E-state index >= 15 is 0 Å². The number of nitrogens with one attached hydrogen (secondary N) is 1. The van der Waals surface area contributed by atoms with Crippen LogP contribution in [0.5, 0.6) is 0 Å². The predicted octanol–water partition coefficient (Wildman–Crippen LogP) is 1.93. The van der Waals surface area contributed by atoms with Gasteiger partial charge in [-0.05, 0) is 34.9 Å². The fraction of sp³-hybridized carbons (Fsp3) is 0.143. The molecule has 0 saturated heterocycles. The molecule has 0 fully saturated rings. The summed E-state index contributed by atoms with van der Waals surface area (Å²) < 4.78 is 13.0. The van der Waals surface area contributed by atoms with Gasteiger partial charge in [-0.3, -0.25) is 10.2 Å². The molecule has 5 nitrogen and oxygen atoms in total. The number of amides is 1. The lowest BCUT2D eigenvalue weighted by atomic mass is 10.2. The number of benzene rings is 1. The molecule has 3 N–H and O–H groups in total. The lowest BCUT2D eigenvalue weighted by Crippen LogP contribution is -2.29. The molecular formula is C14H15Cl2N3O2S. The molecule has 0 aliphatic rings. The van der Waals surface area contributed by atoms with Gasteiger partial charge in [0.1, 0.15) is 11.7 Å². The van der Waals surface area contributed by atoms with E-state index < -0.39 is 17.1 Å². The second kappa shape index (κ2) is 7.69. The summed E-state index contributed by atoms with van der Waals surface area (Å²) in [6.07, 6.45) is 3.17. The van der Waals surface area contributed by atoms with E-state index in [4.69, 9.17) is 22.7 Å². The van der Waals surface area contributed by atoms with Gasteiger partial charge in [-0.25, -0.2) is 0 Å². The lowest BCUT2D eigenvalue weighted by molar-refractivity contribution is 0.0998. The number of carbonyl (C=O) groups is 1. The SMILES string of the molecule is C[S+]([O-])c1cccc(Cn2cc(Cl)cc(C(N)=O)c2=N)c1.Cl. The van der Waals surface area contributed by atoms with E-state index in [0.717, 1.165) is 5.56 Å². The van der Waals surface area contributed by atoms with Gasteiger partial charge in [0, 0.05) is 12.7 Å². The second-order valence-electron chi connectivity index (χ2n) is 4.51. The van der Waals surface area contributed by atoms with E-state index in [2.05, 4.69) is 0 Å². The molecule has 1 atom stereocenters. The van der Waals surface area contributed by atoms with Gasteiger partial charge in [-0.2, -0.15) is 0 Å². The third kappa shape index (κ3) is 4.27. The van der Waals surface area contributed by atoms with Crippen molar-refractivity contribution in [2.45, 2.75) is 11.4 Å². The molecule has 0 saturated carbocycles. The molecule has 1 aromatic carbocycles. The average Bonchev–Trinajstić information content (AvgIpc) is 2.42. The first-order chi connectivity index (χ1) is 9.88. The standard InChI is InChI=1S/C14H14ClN3O2S.ClH/c1-21(20)11-4-2-3-9(5-11)7-18-8-10(15)6-12(13(18)16)14(17)19;/h2-6,8,16H,7H2,1H3,(H2,17,19);1H. The van der Waals surface area contributed by atoms with Crippen LogP contribution in [0.1, 0.15) is 15.9 Å². The topological polar surface area (TPSA) is 94.9 Å². The van der Waals surface area contributed by atoms with Crippen LogP contribution in [0.4, 0.5) is 0 Å². The van der Waals surface area contributed by atoms with Crippen LogP contribution < -0.4 is 11.2 Å². The van der Waals surface area contributed by atoms with E-state index in [-0.39, 0.29) is 23.5 Å². The number of hydrogen-bond donors (Lipinski definition) is 2. The number of hydrogen-bond acceptors (Lipinski definition) is 3. The summed E-state index contributed by atoms with van der Waals surface area (Å²) in [5.41, 5.74) is 6.16. The smallest absolute Gasteiger partial charge is 0.252 e. The molecular weight excluding hydrogens is 345 g/mol. The van der Waals surface area contributed by atoms with Crippen LogP contribution in [0.2, 0.25) is 5.02 Å². The molecule has 0 radical (unpaired) electrons. The van der Waals surface area contributed by atoms with Crippen LogP contribution in [-0.2, 0) is 17.7 Å². The van der Waals surface area contributed by atoms with Gasteiger partial charge in [0.25, 0.3) is 5.91 Å². The van der Waals surface area contributed by atoms with Gasteiger partial charge < -0.3 is 14.9 Å².